The van der Waals surface area contributed by atoms with Gasteiger partial charge < -0.3 is 11.1 Å². The van der Waals surface area contributed by atoms with Crippen molar-refractivity contribution >= 4 is 17.3 Å². The molecule has 0 fully saturated rings. The number of H-pyrrole nitrogens is 1. The number of nitrogens with one attached hydrogen (secondary N) is 2. The quantitative estimate of drug-likeness (QED) is 0.646. The minimum Gasteiger partial charge on any atom is -0.399 e. The van der Waals surface area contributed by atoms with Crippen LogP contribution in [0.5, 0.6) is 0 Å². The average molecular weight is 292 g/mol. The van der Waals surface area contributed by atoms with E-state index in [0.717, 1.165) is 22.6 Å². The van der Waals surface area contributed by atoms with Crippen molar-refractivity contribution in [1.82, 2.24) is 10.2 Å². The van der Waals surface area contributed by atoms with Crippen LogP contribution in [-0.2, 0) is 11.2 Å². The van der Waals surface area contributed by atoms with Gasteiger partial charge in [-0.2, -0.15) is 5.10 Å². The Morgan fingerprint density at radius 3 is 2.55 bits per heavy atom. The van der Waals surface area contributed by atoms with Crippen molar-refractivity contribution in [3.8, 4) is 11.3 Å². The van der Waals surface area contributed by atoms with Crippen LogP contribution in [0.15, 0.2) is 60.7 Å². The number of carbonyl (C=O) groups excluding carboxylic acids is 1. The Labute approximate surface area is 128 Å². The van der Waals surface area contributed by atoms with Gasteiger partial charge in [-0.15, -0.1) is 0 Å². The Morgan fingerprint density at radius 2 is 1.82 bits per heavy atom. The summed E-state index contributed by atoms with van der Waals surface area (Å²) in [7, 11) is 0. The molecule has 0 radical (unpaired) electrons. The SMILES string of the molecule is Nc1ccc(-c2cc(CC(=O)Nc3ccccc3)[nH]n2)cc1. The van der Waals surface area contributed by atoms with Gasteiger partial charge in [0.25, 0.3) is 0 Å². The van der Waals surface area contributed by atoms with E-state index in [9.17, 15) is 4.79 Å². The Bertz CT molecular complexity index is 763. The number of nitrogens with two attached hydrogens (primary N) is 1. The van der Waals surface area contributed by atoms with E-state index < -0.39 is 0 Å². The van der Waals surface area contributed by atoms with Crippen LogP contribution in [0.4, 0.5) is 11.4 Å². The molecule has 5 heteroatoms. The van der Waals surface area contributed by atoms with E-state index in [4.69, 9.17) is 5.73 Å². The number of nitrogens with zero attached hydrogens (tertiary/aromatic N) is 1. The summed E-state index contributed by atoms with van der Waals surface area (Å²) in [4.78, 5) is 12.0. The summed E-state index contributed by atoms with van der Waals surface area (Å²) in [6.07, 6.45) is 0.247. The molecular weight excluding hydrogens is 276 g/mol. The number of aromatic amines is 1. The third-order valence-corrected chi connectivity index (χ3v) is 3.25. The largest absolute Gasteiger partial charge is 0.399 e. The molecule has 4 N–H and O–H groups in total. The number of nitrogen functional groups attached to an aromatic ring is 1. The fraction of sp³-hybridized carbons (Fsp3) is 0.0588. The molecule has 0 aliphatic heterocycles. The molecular formula is C17H16N4O. The molecule has 0 unspecified atom stereocenters. The first-order valence-electron chi connectivity index (χ1n) is 6.96. The molecule has 1 amide bonds. The molecule has 0 atom stereocenters. The molecule has 0 saturated carbocycles. The van der Waals surface area contributed by atoms with Gasteiger partial charge in [-0.3, -0.25) is 9.89 Å². The van der Waals surface area contributed by atoms with Crippen molar-refractivity contribution in [3.05, 3.63) is 66.4 Å². The highest BCUT2D eigenvalue weighted by molar-refractivity contribution is 5.92. The summed E-state index contributed by atoms with van der Waals surface area (Å²) in [5.74, 6) is -0.0845. The fourth-order valence-corrected chi connectivity index (χ4v) is 2.15. The molecule has 3 rings (SSSR count). The molecule has 0 aliphatic rings. The van der Waals surface area contributed by atoms with Gasteiger partial charge in [0.2, 0.25) is 5.91 Å². The van der Waals surface area contributed by atoms with E-state index in [-0.39, 0.29) is 12.3 Å². The number of rotatable bonds is 4. The summed E-state index contributed by atoms with van der Waals surface area (Å²) in [5, 5.41) is 9.97. The number of aromatic nitrogens is 2. The van der Waals surface area contributed by atoms with Gasteiger partial charge in [-0.1, -0.05) is 30.3 Å². The van der Waals surface area contributed by atoms with E-state index in [1.54, 1.807) is 0 Å². The van der Waals surface area contributed by atoms with Gasteiger partial charge in [-0.25, -0.2) is 0 Å². The van der Waals surface area contributed by atoms with Crippen LogP contribution in [0.3, 0.4) is 0 Å². The Balaban J connectivity index is 1.66. The third-order valence-electron chi connectivity index (χ3n) is 3.25. The zero-order valence-electron chi connectivity index (χ0n) is 11.9. The van der Waals surface area contributed by atoms with Gasteiger partial charge in [0.1, 0.15) is 0 Å². The second-order valence-electron chi connectivity index (χ2n) is 4.99. The molecule has 22 heavy (non-hydrogen) atoms. The van der Waals surface area contributed by atoms with E-state index in [1.807, 2.05) is 60.7 Å². The van der Waals surface area contributed by atoms with Crippen LogP contribution in [0.25, 0.3) is 11.3 Å². The summed E-state index contributed by atoms with van der Waals surface area (Å²) >= 11 is 0. The highest BCUT2D eigenvalue weighted by Crippen LogP contribution is 2.19. The summed E-state index contributed by atoms with van der Waals surface area (Å²) < 4.78 is 0. The number of amides is 1. The summed E-state index contributed by atoms with van der Waals surface area (Å²) in [6.45, 7) is 0. The molecule has 1 aromatic heterocycles. The number of benzene rings is 2. The monoisotopic (exact) mass is 292 g/mol. The first-order valence-corrected chi connectivity index (χ1v) is 6.96. The van der Waals surface area contributed by atoms with Crippen LogP contribution in [-0.4, -0.2) is 16.1 Å². The molecule has 0 bridgehead atoms. The second kappa shape index (κ2) is 6.13. The average Bonchev–Trinajstić information content (AvgIpc) is 2.97. The van der Waals surface area contributed by atoms with Crippen LogP contribution in [0.2, 0.25) is 0 Å². The molecule has 5 nitrogen and oxygen atoms in total. The lowest BCUT2D eigenvalue weighted by molar-refractivity contribution is -0.115. The maximum absolute atomic E-state index is 12.0. The summed E-state index contributed by atoms with van der Waals surface area (Å²) in [6, 6.07) is 18.7. The number of hydrogen-bond acceptors (Lipinski definition) is 3. The third kappa shape index (κ3) is 3.32. The van der Waals surface area contributed by atoms with Crippen molar-refractivity contribution in [2.45, 2.75) is 6.42 Å². The van der Waals surface area contributed by atoms with E-state index in [2.05, 4.69) is 15.5 Å². The number of carbonyl (C=O) groups is 1. The van der Waals surface area contributed by atoms with Crippen LogP contribution in [0, 0.1) is 0 Å². The molecule has 3 aromatic rings. The number of anilines is 2. The van der Waals surface area contributed by atoms with E-state index in [0.29, 0.717) is 5.69 Å². The van der Waals surface area contributed by atoms with Gasteiger partial charge in [0, 0.05) is 22.6 Å². The smallest absolute Gasteiger partial charge is 0.230 e. The Morgan fingerprint density at radius 1 is 1.09 bits per heavy atom. The molecule has 0 spiro atoms. The Kier molecular flexibility index (Phi) is 3.87. The lowest BCUT2D eigenvalue weighted by Crippen LogP contribution is -2.14. The van der Waals surface area contributed by atoms with Crippen molar-refractivity contribution < 1.29 is 4.79 Å². The van der Waals surface area contributed by atoms with Crippen LogP contribution >= 0.6 is 0 Å². The van der Waals surface area contributed by atoms with Crippen molar-refractivity contribution in [2.75, 3.05) is 11.1 Å². The molecule has 0 saturated heterocycles. The van der Waals surface area contributed by atoms with E-state index in [1.165, 1.54) is 0 Å². The highest BCUT2D eigenvalue weighted by Gasteiger charge is 2.08. The maximum atomic E-state index is 12.0. The van der Waals surface area contributed by atoms with E-state index >= 15 is 0 Å². The fourth-order valence-electron chi connectivity index (χ4n) is 2.15. The normalized spacial score (nSPS) is 10.4. The van der Waals surface area contributed by atoms with Crippen molar-refractivity contribution in [1.29, 1.82) is 0 Å². The standard InChI is InChI=1S/C17H16N4O/c18-13-8-6-12(7-9-13)16-10-15(20-21-16)11-17(22)19-14-4-2-1-3-5-14/h1-10H,11,18H2,(H,19,22)(H,20,21). The molecule has 1 heterocycles. The predicted octanol–water partition coefficient (Wildman–Crippen LogP) is 2.84. The summed E-state index contributed by atoms with van der Waals surface area (Å²) in [5.41, 5.74) is 9.68. The zero-order chi connectivity index (χ0) is 15.4. The zero-order valence-corrected chi connectivity index (χ0v) is 11.9. The van der Waals surface area contributed by atoms with Crippen molar-refractivity contribution in [3.63, 3.8) is 0 Å². The predicted molar refractivity (Wildman–Crippen MR) is 87.2 cm³/mol. The highest BCUT2D eigenvalue weighted by atomic mass is 16.1. The van der Waals surface area contributed by atoms with Crippen LogP contribution in [0.1, 0.15) is 5.69 Å². The lowest BCUT2D eigenvalue weighted by Gasteiger charge is -2.03. The van der Waals surface area contributed by atoms with Crippen molar-refractivity contribution in [2.24, 2.45) is 0 Å². The van der Waals surface area contributed by atoms with Gasteiger partial charge >= 0.3 is 0 Å². The minimum atomic E-state index is -0.0845. The van der Waals surface area contributed by atoms with Gasteiger partial charge in [-0.05, 0) is 30.3 Å². The topological polar surface area (TPSA) is 83.8 Å². The first kappa shape index (κ1) is 13.9. The molecule has 0 aliphatic carbocycles. The molecule has 110 valence electrons. The number of para-hydroxylation sites is 1. The van der Waals surface area contributed by atoms with Gasteiger partial charge in [0.05, 0.1) is 12.1 Å². The maximum Gasteiger partial charge on any atom is 0.230 e. The first-order chi connectivity index (χ1) is 10.7. The molecule has 2 aromatic carbocycles. The van der Waals surface area contributed by atoms with Crippen LogP contribution < -0.4 is 11.1 Å². The van der Waals surface area contributed by atoms with Gasteiger partial charge in [0.15, 0.2) is 0 Å². The second-order valence-corrected chi connectivity index (χ2v) is 4.99. The minimum absolute atomic E-state index is 0.0845. The number of hydrogen-bond donors (Lipinski definition) is 3. The Hall–Kier alpha value is -3.08. The lowest BCUT2D eigenvalue weighted by atomic mass is 10.1.